The van der Waals surface area contributed by atoms with E-state index in [0.717, 1.165) is 5.56 Å². The average Bonchev–Trinajstić information content (AvgIpc) is 2.79. The largest absolute Gasteiger partial charge is 0.464 e. The van der Waals surface area contributed by atoms with Gasteiger partial charge in [-0.1, -0.05) is 23.7 Å². The number of esters is 1. The van der Waals surface area contributed by atoms with Crippen LogP contribution < -0.4 is 5.73 Å². The van der Waals surface area contributed by atoms with Crippen LogP contribution in [0.2, 0.25) is 5.02 Å². The van der Waals surface area contributed by atoms with Crippen LogP contribution in [0.4, 0.5) is 5.82 Å². The van der Waals surface area contributed by atoms with Crippen LogP contribution in [0.1, 0.15) is 29.0 Å². The van der Waals surface area contributed by atoms with Crippen molar-refractivity contribution in [3.8, 4) is 0 Å². The van der Waals surface area contributed by atoms with E-state index in [1.165, 1.54) is 13.4 Å². The number of halogens is 1. The van der Waals surface area contributed by atoms with Gasteiger partial charge in [-0.3, -0.25) is 0 Å². The highest BCUT2D eigenvalue weighted by molar-refractivity contribution is 6.30. The van der Waals surface area contributed by atoms with Crippen molar-refractivity contribution in [3.05, 3.63) is 46.9 Å². The summed E-state index contributed by atoms with van der Waals surface area (Å²) in [6, 6.07) is 7.37. The molecule has 0 aliphatic carbocycles. The fraction of sp³-hybridized carbons (Fsp3) is 0.231. The average molecular weight is 280 g/mol. The Morgan fingerprint density at radius 1 is 1.53 bits per heavy atom. The first-order valence-electron chi connectivity index (χ1n) is 5.70. The summed E-state index contributed by atoms with van der Waals surface area (Å²) in [5.41, 5.74) is 7.02. The Morgan fingerprint density at radius 3 is 2.89 bits per heavy atom. The minimum absolute atomic E-state index is 0.0791. The zero-order valence-electron chi connectivity index (χ0n) is 10.6. The van der Waals surface area contributed by atoms with Crippen LogP contribution >= 0.6 is 11.6 Å². The summed E-state index contributed by atoms with van der Waals surface area (Å²) >= 11 is 5.96. The van der Waals surface area contributed by atoms with Crippen LogP contribution in [-0.4, -0.2) is 22.6 Å². The Kier molecular flexibility index (Phi) is 3.76. The minimum atomic E-state index is -0.547. The number of imidazole rings is 1. The van der Waals surface area contributed by atoms with Gasteiger partial charge in [0.25, 0.3) is 0 Å². The molecule has 0 fully saturated rings. The Bertz CT molecular complexity index is 610. The minimum Gasteiger partial charge on any atom is -0.464 e. The number of carbonyl (C=O) groups is 1. The van der Waals surface area contributed by atoms with Crippen LogP contribution in [0.5, 0.6) is 0 Å². The van der Waals surface area contributed by atoms with E-state index < -0.39 is 5.97 Å². The zero-order chi connectivity index (χ0) is 14.0. The lowest BCUT2D eigenvalue weighted by molar-refractivity contribution is 0.0596. The Hall–Kier alpha value is -2.01. The fourth-order valence-electron chi connectivity index (χ4n) is 1.86. The summed E-state index contributed by atoms with van der Waals surface area (Å²) in [6.07, 6.45) is 1.52. The molecule has 0 aliphatic rings. The molecule has 0 spiro atoms. The van der Waals surface area contributed by atoms with Gasteiger partial charge in [-0.2, -0.15) is 0 Å². The molecule has 1 aromatic carbocycles. The van der Waals surface area contributed by atoms with E-state index in [0.29, 0.717) is 5.02 Å². The highest BCUT2D eigenvalue weighted by Gasteiger charge is 2.19. The number of ether oxygens (including phenoxy) is 1. The lowest BCUT2D eigenvalue weighted by atomic mass is 10.1. The van der Waals surface area contributed by atoms with E-state index in [4.69, 9.17) is 17.3 Å². The summed E-state index contributed by atoms with van der Waals surface area (Å²) in [7, 11) is 1.29. The van der Waals surface area contributed by atoms with Crippen LogP contribution in [0.25, 0.3) is 0 Å². The first kappa shape index (κ1) is 13.4. The monoisotopic (exact) mass is 279 g/mol. The van der Waals surface area contributed by atoms with Crippen LogP contribution in [0, 0.1) is 0 Å². The number of hydrogen-bond acceptors (Lipinski definition) is 4. The molecule has 2 rings (SSSR count). The molecule has 100 valence electrons. The van der Waals surface area contributed by atoms with E-state index >= 15 is 0 Å². The Labute approximate surface area is 116 Å². The molecule has 5 nitrogen and oxygen atoms in total. The summed E-state index contributed by atoms with van der Waals surface area (Å²) in [5.74, 6) is -0.270. The van der Waals surface area contributed by atoms with Crippen molar-refractivity contribution >= 4 is 23.4 Å². The number of benzene rings is 1. The molecule has 1 aromatic heterocycles. The number of carbonyl (C=O) groups excluding carboxylic acids is 1. The van der Waals surface area contributed by atoms with Gasteiger partial charge in [-0.25, -0.2) is 9.78 Å². The van der Waals surface area contributed by atoms with Crippen molar-refractivity contribution in [2.75, 3.05) is 12.8 Å². The van der Waals surface area contributed by atoms with E-state index in [1.54, 1.807) is 10.6 Å². The molecule has 0 saturated carbocycles. The van der Waals surface area contributed by atoms with Crippen molar-refractivity contribution in [1.82, 2.24) is 9.55 Å². The topological polar surface area (TPSA) is 70.1 Å². The lowest BCUT2D eigenvalue weighted by Gasteiger charge is -2.15. The number of nitrogen functional groups attached to an aromatic ring is 1. The first-order chi connectivity index (χ1) is 9.04. The SMILES string of the molecule is COC(=O)c1ncn(C(C)c2cccc(Cl)c2)c1N. The summed E-state index contributed by atoms with van der Waals surface area (Å²) < 4.78 is 6.33. The van der Waals surface area contributed by atoms with Crippen molar-refractivity contribution in [1.29, 1.82) is 0 Å². The summed E-state index contributed by atoms with van der Waals surface area (Å²) in [4.78, 5) is 15.4. The molecule has 2 aromatic rings. The standard InChI is InChI=1S/C13H14ClN3O2/c1-8(9-4-3-5-10(14)6-9)17-7-16-11(12(17)15)13(18)19-2/h3-8H,15H2,1-2H3. The number of hydrogen-bond donors (Lipinski definition) is 1. The van der Waals surface area contributed by atoms with Crippen molar-refractivity contribution in [3.63, 3.8) is 0 Å². The predicted molar refractivity (Wildman–Crippen MR) is 73.2 cm³/mol. The molecule has 1 heterocycles. The number of methoxy groups -OCH3 is 1. The highest BCUT2D eigenvalue weighted by atomic mass is 35.5. The van der Waals surface area contributed by atoms with Crippen molar-refractivity contribution < 1.29 is 9.53 Å². The molecule has 1 unspecified atom stereocenters. The molecular formula is C13H14ClN3O2. The fourth-order valence-corrected chi connectivity index (χ4v) is 2.06. The third-order valence-electron chi connectivity index (χ3n) is 2.96. The molecule has 0 saturated heterocycles. The van der Waals surface area contributed by atoms with Crippen molar-refractivity contribution in [2.24, 2.45) is 0 Å². The van der Waals surface area contributed by atoms with Gasteiger partial charge < -0.3 is 15.0 Å². The maximum atomic E-state index is 11.5. The molecule has 6 heteroatoms. The molecule has 1 atom stereocenters. The van der Waals surface area contributed by atoms with Crippen molar-refractivity contribution in [2.45, 2.75) is 13.0 Å². The summed E-state index contributed by atoms with van der Waals surface area (Å²) in [6.45, 7) is 1.95. The molecule has 0 bridgehead atoms. The molecular weight excluding hydrogens is 266 g/mol. The molecule has 0 radical (unpaired) electrons. The van der Waals surface area contributed by atoms with Gasteiger partial charge in [-0.05, 0) is 24.6 Å². The molecule has 2 N–H and O–H groups in total. The van der Waals surface area contributed by atoms with Gasteiger partial charge in [0.1, 0.15) is 5.82 Å². The lowest BCUT2D eigenvalue weighted by Crippen LogP contribution is -2.11. The zero-order valence-corrected chi connectivity index (χ0v) is 11.4. The second kappa shape index (κ2) is 5.32. The smallest absolute Gasteiger partial charge is 0.360 e. The van der Waals surface area contributed by atoms with E-state index in [1.807, 2.05) is 25.1 Å². The van der Waals surface area contributed by atoms with Gasteiger partial charge in [0.05, 0.1) is 19.5 Å². The van der Waals surface area contributed by atoms with Crippen LogP contribution in [-0.2, 0) is 4.74 Å². The Balaban J connectivity index is 2.37. The second-order valence-electron chi connectivity index (χ2n) is 4.11. The number of nitrogens with two attached hydrogens (primary N) is 1. The quantitative estimate of drug-likeness (QED) is 0.877. The normalized spacial score (nSPS) is 12.2. The Morgan fingerprint density at radius 2 is 2.26 bits per heavy atom. The second-order valence-corrected chi connectivity index (χ2v) is 4.54. The third-order valence-corrected chi connectivity index (χ3v) is 3.19. The predicted octanol–water partition coefficient (Wildman–Crippen LogP) is 2.51. The van der Waals surface area contributed by atoms with Crippen LogP contribution in [0.15, 0.2) is 30.6 Å². The van der Waals surface area contributed by atoms with Crippen LogP contribution in [0.3, 0.4) is 0 Å². The summed E-state index contributed by atoms with van der Waals surface area (Å²) in [5, 5.41) is 0.649. The highest BCUT2D eigenvalue weighted by Crippen LogP contribution is 2.25. The van der Waals surface area contributed by atoms with E-state index in [9.17, 15) is 4.79 Å². The van der Waals surface area contributed by atoms with Gasteiger partial charge in [0.2, 0.25) is 0 Å². The van der Waals surface area contributed by atoms with Gasteiger partial charge in [0.15, 0.2) is 5.69 Å². The number of aromatic nitrogens is 2. The maximum Gasteiger partial charge on any atom is 0.360 e. The van der Waals surface area contributed by atoms with Gasteiger partial charge in [0, 0.05) is 5.02 Å². The third kappa shape index (κ3) is 2.56. The number of rotatable bonds is 3. The molecule has 19 heavy (non-hydrogen) atoms. The first-order valence-corrected chi connectivity index (χ1v) is 6.08. The molecule has 0 aliphatic heterocycles. The number of nitrogens with zero attached hydrogens (tertiary/aromatic N) is 2. The maximum absolute atomic E-state index is 11.5. The van der Waals surface area contributed by atoms with Gasteiger partial charge in [-0.15, -0.1) is 0 Å². The van der Waals surface area contributed by atoms with E-state index in [2.05, 4.69) is 9.72 Å². The number of anilines is 1. The molecule has 0 amide bonds. The van der Waals surface area contributed by atoms with E-state index in [-0.39, 0.29) is 17.6 Å². The van der Waals surface area contributed by atoms with Gasteiger partial charge >= 0.3 is 5.97 Å².